The summed E-state index contributed by atoms with van der Waals surface area (Å²) in [6, 6.07) is 0. The molecule has 0 saturated carbocycles. The predicted molar refractivity (Wildman–Crippen MR) is 29.8 cm³/mol. The number of hydrogen-bond donors (Lipinski definition) is 0. The van der Waals surface area contributed by atoms with Crippen molar-refractivity contribution in [2.45, 2.75) is 0 Å². The summed E-state index contributed by atoms with van der Waals surface area (Å²) in [5.41, 5.74) is 0. The van der Waals surface area contributed by atoms with E-state index in [4.69, 9.17) is 0 Å². The molecule has 0 heterocycles. The van der Waals surface area contributed by atoms with E-state index in [0.717, 1.165) is 0 Å². The summed E-state index contributed by atoms with van der Waals surface area (Å²) in [5, 5.41) is 0. The van der Waals surface area contributed by atoms with Gasteiger partial charge in [-0.05, 0) is 0 Å². The summed E-state index contributed by atoms with van der Waals surface area (Å²) < 4.78 is 0. The molecule has 0 nitrogen and oxygen atoms in total. The van der Waals surface area contributed by atoms with Gasteiger partial charge in [0.1, 0.15) is 0 Å². The zero-order chi connectivity index (χ0) is 0. The number of rotatable bonds is 0. The van der Waals surface area contributed by atoms with Gasteiger partial charge < -0.3 is 0 Å². The van der Waals surface area contributed by atoms with Crippen LogP contribution in [-0.2, 0) is 22.4 Å². The summed E-state index contributed by atoms with van der Waals surface area (Å²) in [4.78, 5) is 0. The van der Waals surface area contributed by atoms with E-state index in [2.05, 4.69) is 0 Å². The molecule has 0 atom stereocenters. The van der Waals surface area contributed by atoms with Crippen LogP contribution in [0.5, 0.6) is 0 Å². The fourth-order valence-corrected chi connectivity index (χ4v) is 0. The zero-order valence-corrected chi connectivity index (χ0v) is 2.47. The minimum atomic E-state index is 0. The van der Waals surface area contributed by atoms with E-state index in [1.54, 1.807) is 0 Å². The summed E-state index contributed by atoms with van der Waals surface area (Å²) in [7, 11) is 0. The first-order chi connectivity index (χ1) is 0. The third-order valence-corrected chi connectivity index (χ3v) is 0. The monoisotopic (exact) mass is 417 g/mol. The van der Waals surface area contributed by atoms with Gasteiger partial charge in [-0.15, -0.1) is 0 Å². The topological polar surface area (TPSA) is 0 Å². The Morgan fingerprint density at radius 2 is 1.00 bits per heavy atom. The van der Waals surface area contributed by atoms with Gasteiger partial charge in [-0.25, -0.2) is 0 Å². The molecule has 0 aromatic rings. The standard InChI is InChI=1S/Al.Au.Ga.In.9H. The Bertz CT molecular complexity index is 8.00. The molecule has 0 saturated heterocycles. The Morgan fingerprint density at radius 1 is 1.00 bits per heavy atom. The minimum absolute atomic E-state index is 0. The molecule has 0 aliphatic carbocycles. The maximum absolute atomic E-state index is 0. The fourth-order valence-electron chi connectivity index (χ4n) is 0. The van der Waals surface area contributed by atoms with Crippen molar-refractivity contribution in [3.05, 3.63) is 0 Å². The molecular formula is H9AlAuGaIn. The Kier molecular flexibility index (Phi) is 125. The van der Waals surface area contributed by atoms with Crippen LogP contribution in [0.1, 0.15) is 0 Å². The van der Waals surface area contributed by atoms with Crippen molar-refractivity contribution >= 4 is 63.0 Å². The average Bonchev–Trinajstić information content (AvgIpc) is 0. The average molecular weight is 418 g/mol. The van der Waals surface area contributed by atoms with Crippen molar-refractivity contribution in [3.8, 4) is 0 Å². The quantitative estimate of drug-likeness (QED) is 0.358. The second-order valence-corrected chi connectivity index (χ2v) is 0. The molecule has 0 spiro atoms. The summed E-state index contributed by atoms with van der Waals surface area (Å²) in [6.07, 6.45) is 0. The Balaban J connectivity index is 0. The molecule has 0 fully saturated rings. The fraction of sp³-hybridized carbons (Fsp3) is 0. The van der Waals surface area contributed by atoms with E-state index in [1.807, 2.05) is 0 Å². The van der Waals surface area contributed by atoms with Gasteiger partial charge in [0, 0.05) is 22.4 Å². The third kappa shape index (κ3) is 8.84. The molecule has 0 aromatic carbocycles. The number of hydrogen-bond acceptors (Lipinski definition) is 0. The van der Waals surface area contributed by atoms with Gasteiger partial charge >= 0.3 is 45.6 Å². The molecule has 0 unspecified atom stereocenters. The summed E-state index contributed by atoms with van der Waals surface area (Å²) in [5.74, 6) is 0. The molecule has 0 rings (SSSR count). The molecule has 0 aliphatic heterocycles. The summed E-state index contributed by atoms with van der Waals surface area (Å²) >= 11 is 0. The molecule has 0 bridgehead atoms. The first-order valence-electron chi connectivity index (χ1n) is 0. The Labute approximate surface area is 84.0 Å². The molecule has 0 N–H and O–H groups in total. The molecule has 29 valence electrons. The van der Waals surface area contributed by atoms with Crippen molar-refractivity contribution in [2.24, 2.45) is 0 Å². The van der Waals surface area contributed by atoms with Crippen LogP contribution >= 0.6 is 0 Å². The third-order valence-electron chi connectivity index (χ3n) is 0. The Hall–Kier alpha value is 2.78. The van der Waals surface area contributed by atoms with Crippen molar-refractivity contribution in [2.75, 3.05) is 0 Å². The van der Waals surface area contributed by atoms with Crippen LogP contribution in [0, 0.1) is 0 Å². The van der Waals surface area contributed by atoms with Crippen LogP contribution in [0.2, 0.25) is 0 Å². The van der Waals surface area contributed by atoms with Gasteiger partial charge in [-0.1, -0.05) is 0 Å². The molecule has 0 aliphatic rings. The normalized spacial score (nSPS) is 0. The maximum atomic E-state index is 0. The van der Waals surface area contributed by atoms with Gasteiger partial charge in [0.05, 0.1) is 0 Å². The van der Waals surface area contributed by atoms with Gasteiger partial charge in [0.25, 0.3) is 0 Å². The van der Waals surface area contributed by atoms with Crippen LogP contribution in [-0.4, -0.2) is 63.0 Å². The van der Waals surface area contributed by atoms with E-state index in [-0.39, 0.29) is 85.4 Å². The molecule has 0 aromatic heterocycles. The van der Waals surface area contributed by atoms with Crippen LogP contribution in [0.25, 0.3) is 0 Å². The van der Waals surface area contributed by atoms with Crippen molar-refractivity contribution in [1.29, 1.82) is 0 Å². The van der Waals surface area contributed by atoms with E-state index in [9.17, 15) is 0 Å². The molecular weight excluding hydrogens is 408 g/mol. The van der Waals surface area contributed by atoms with Gasteiger partial charge in [-0.2, -0.15) is 0 Å². The summed E-state index contributed by atoms with van der Waals surface area (Å²) in [6.45, 7) is 0. The van der Waals surface area contributed by atoms with Crippen LogP contribution in [0.15, 0.2) is 0 Å². The van der Waals surface area contributed by atoms with Crippen molar-refractivity contribution in [1.82, 2.24) is 0 Å². The van der Waals surface area contributed by atoms with Crippen LogP contribution in [0.3, 0.4) is 0 Å². The zero-order valence-electron chi connectivity index (χ0n) is 0.302. The van der Waals surface area contributed by atoms with Crippen LogP contribution in [0.4, 0.5) is 0 Å². The second-order valence-electron chi connectivity index (χ2n) is 0. The molecule has 4 heavy (non-hydrogen) atoms. The van der Waals surface area contributed by atoms with Gasteiger partial charge in [0.15, 0.2) is 17.4 Å². The Morgan fingerprint density at radius 3 is 1.00 bits per heavy atom. The predicted octanol–water partition coefficient (Wildman–Crippen LogP) is -3.55. The van der Waals surface area contributed by atoms with E-state index in [1.165, 1.54) is 0 Å². The van der Waals surface area contributed by atoms with Crippen molar-refractivity contribution < 1.29 is 22.4 Å². The molecule has 0 amide bonds. The van der Waals surface area contributed by atoms with Gasteiger partial charge in [0.2, 0.25) is 0 Å². The first-order valence-corrected chi connectivity index (χ1v) is 0. The van der Waals surface area contributed by atoms with Crippen LogP contribution < -0.4 is 0 Å². The second kappa shape index (κ2) is 17.1. The first kappa shape index (κ1) is 29.3. The van der Waals surface area contributed by atoms with E-state index >= 15 is 0 Å². The van der Waals surface area contributed by atoms with Crippen molar-refractivity contribution in [3.63, 3.8) is 0 Å². The van der Waals surface area contributed by atoms with E-state index < -0.39 is 0 Å². The molecule has 1 radical (unpaired) electrons. The van der Waals surface area contributed by atoms with E-state index in [0.29, 0.717) is 0 Å². The SMILES string of the molecule is [AlH3].[Au].[GaH3].[InH3]. The molecule has 4 heteroatoms. The van der Waals surface area contributed by atoms with Gasteiger partial charge in [-0.3, -0.25) is 0 Å².